The SMILES string of the molecule is Cc1ccc(S(=O)(=O)/N=C2/C=CC3=NC(=O)OC3=C2)cc1. The van der Waals surface area contributed by atoms with E-state index in [4.69, 9.17) is 4.74 Å². The smallest absolute Gasteiger partial charge is 0.406 e. The number of hydrogen-bond donors (Lipinski definition) is 0. The van der Waals surface area contributed by atoms with Gasteiger partial charge in [0, 0.05) is 6.08 Å². The predicted molar refractivity (Wildman–Crippen MR) is 76.9 cm³/mol. The molecule has 0 atom stereocenters. The van der Waals surface area contributed by atoms with Crippen LogP contribution in [0.2, 0.25) is 0 Å². The third-order valence-electron chi connectivity index (χ3n) is 2.90. The Balaban J connectivity index is 1.96. The van der Waals surface area contributed by atoms with Gasteiger partial charge in [-0.1, -0.05) is 17.7 Å². The lowest BCUT2D eigenvalue weighted by atomic mass is 10.1. The van der Waals surface area contributed by atoms with E-state index in [2.05, 4.69) is 9.39 Å². The van der Waals surface area contributed by atoms with E-state index in [1.54, 1.807) is 12.1 Å². The molecule has 6 nitrogen and oxygen atoms in total. The van der Waals surface area contributed by atoms with E-state index in [9.17, 15) is 13.2 Å². The van der Waals surface area contributed by atoms with Gasteiger partial charge in [-0.05, 0) is 31.2 Å². The molecule has 0 spiro atoms. The van der Waals surface area contributed by atoms with Crippen LogP contribution in [0.5, 0.6) is 0 Å². The van der Waals surface area contributed by atoms with E-state index in [1.165, 1.54) is 30.4 Å². The Labute approximate surface area is 121 Å². The van der Waals surface area contributed by atoms with Crippen LogP contribution in [0.3, 0.4) is 0 Å². The molecule has 1 aromatic rings. The molecule has 1 aliphatic heterocycles. The molecule has 0 N–H and O–H groups in total. The van der Waals surface area contributed by atoms with Crippen molar-refractivity contribution in [2.45, 2.75) is 11.8 Å². The first-order valence-corrected chi connectivity index (χ1v) is 7.50. The van der Waals surface area contributed by atoms with Gasteiger partial charge in [-0.15, -0.1) is 0 Å². The van der Waals surface area contributed by atoms with E-state index in [0.29, 0.717) is 5.71 Å². The molecule has 0 unspecified atom stereocenters. The van der Waals surface area contributed by atoms with Crippen LogP contribution in [0.25, 0.3) is 0 Å². The minimum absolute atomic E-state index is 0.107. The highest BCUT2D eigenvalue weighted by molar-refractivity contribution is 7.90. The van der Waals surface area contributed by atoms with Crippen LogP contribution in [0.1, 0.15) is 5.56 Å². The summed E-state index contributed by atoms with van der Waals surface area (Å²) in [6.45, 7) is 1.87. The topological polar surface area (TPSA) is 85.2 Å². The average molecular weight is 302 g/mol. The number of aliphatic imine (C=N–C) groups is 1. The third kappa shape index (κ3) is 2.68. The molecule has 0 saturated heterocycles. The maximum Gasteiger partial charge on any atom is 0.439 e. The number of carbonyl (C=O) groups is 1. The van der Waals surface area contributed by atoms with Crippen molar-refractivity contribution in [1.29, 1.82) is 0 Å². The fourth-order valence-corrected chi connectivity index (χ4v) is 2.83. The number of carbonyl (C=O) groups excluding carboxylic acids is 1. The average Bonchev–Trinajstić information content (AvgIpc) is 2.78. The van der Waals surface area contributed by atoms with E-state index in [1.807, 2.05) is 6.92 Å². The second kappa shape index (κ2) is 4.78. The monoisotopic (exact) mass is 302 g/mol. The largest absolute Gasteiger partial charge is 0.439 e. The first-order valence-electron chi connectivity index (χ1n) is 6.06. The van der Waals surface area contributed by atoms with Crippen LogP contribution < -0.4 is 0 Å². The van der Waals surface area contributed by atoms with Gasteiger partial charge < -0.3 is 4.74 Å². The first kappa shape index (κ1) is 13.4. The second-order valence-electron chi connectivity index (χ2n) is 4.51. The maximum atomic E-state index is 12.2. The number of fused-ring (bicyclic) bond motifs is 1. The molecule has 0 saturated carbocycles. The molecule has 0 aromatic heterocycles. The Bertz CT molecular complexity index is 843. The molecule has 7 heteroatoms. The Hall–Kier alpha value is -2.54. The number of sulfonamides is 1. The third-order valence-corrected chi connectivity index (χ3v) is 4.22. The lowest BCUT2D eigenvalue weighted by molar-refractivity contribution is 0.197. The highest BCUT2D eigenvalue weighted by Crippen LogP contribution is 2.19. The Kier molecular flexibility index (Phi) is 3.06. The lowest BCUT2D eigenvalue weighted by Crippen LogP contribution is -2.08. The molecule has 2 aliphatic rings. The fraction of sp³-hybridized carbons (Fsp3) is 0.0714. The molecule has 0 radical (unpaired) electrons. The van der Waals surface area contributed by atoms with Gasteiger partial charge in [-0.25, -0.2) is 4.79 Å². The summed E-state index contributed by atoms with van der Waals surface area (Å²) in [5.41, 5.74) is 1.51. The zero-order valence-corrected chi connectivity index (χ0v) is 11.8. The number of benzene rings is 1. The van der Waals surface area contributed by atoms with E-state index in [-0.39, 0.29) is 16.4 Å². The summed E-state index contributed by atoms with van der Waals surface area (Å²) in [4.78, 5) is 14.7. The lowest BCUT2D eigenvalue weighted by Gasteiger charge is -2.05. The molecule has 106 valence electrons. The standard InChI is InChI=1S/C14H10N2O4S/c1-9-2-5-11(6-3-9)21(18,19)16-10-4-7-12-13(8-10)20-14(17)15-12/h2-8H,1H3/b16-10-. The van der Waals surface area contributed by atoms with Crippen molar-refractivity contribution in [3.63, 3.8) is 0 Å². The van der Waals surface area contributed by atoms with Gasteiger partial charge in [0.05, 0.1) is 10.6 Å². The van der Waals surface area contributed by atoms with Crippen molar-refractivity contribution in [3.05, 3.63) is 53.8 Å². The van der Waals surface area contributed by atoms with Crippen molar-refractivity contribution < 1.29 is 17.9 Å². The minimum atomic E-state index is -3.81. The van der Waals surface area contributed by atoms with Gasteiger partial charge in [0.2, 0.25) is 0 Å². The number of amides is 1. The Morgan fingerprint density at radius 2 is 1.86 bits per heavy atom. The van der Waals surface area contributed by atoms with E-state index >= 15 is 0 Å². The molecule has 1 amide bonds. The Morgan fingerprint density at radius 3 is 2.57 bits per heavy atom. The van der Waals surface area contributed by atoms with Crippen LogP contribution in [-0.2, 0) is 14.8 Å². The van der Waals surface area contributed by atoms with Crippen molar-refractivity contribution in [1.82, 2.24) is 0 Å². The van der Waals surface area contributed by atoms with E-state index in [0.717, 1.165) is 5.56 Å². The van der Waals surface area contributed by atoms with Crippen LogP contribution >= 0.6 is 0 Å². The van der Waals surface area contributed by atoms with Gasteiger partial charge in [-0.3, -0.25) is 0 Å². The van der Waals surface area contributed by atoms with Crippen LogP contribution in [0.4, 0.5) is 4.79 Å². The number of hydrogen-bond acceptors (Lipinski definition) is 4. The van der Waals surface area contributed by atoms with Crippen LogP contribution in [-0.4, -0.2) is 25.9 Å². The normalized spacial score (nSPS) is 19.1. The van der Waals surface area contributed by atoms with Crippen LogP contribution in [0, 0.1) is 6.92 Å². The van der Waals surface area contributed by atoms with Crippen molar-refractivity contribution >= 4 is 27.5 Å². The van der Waals surface area contributed by atoms with Crippen molar-refractivity contribution in [3.8, 4) is 0 Å². The van der Waals surface area contributed by atoms with Gasteiger partial charge in [0.25, 0.3) is 10.0 Å². The molecular formula is C14H10N2O4S. The van der Waals surface area contributed by atoms with Crippen LogP contribution in [0.15, 0.2) is 62.5 Å². The highest BCUT2D eigenvalue weighted by Gasteiger charge is 2.24. The molecule has 1 aromatic carbocycles. The van der Waals surface area contributed by atoms with Gasteiger partial charge in [-0.2, -0.15) is 17.8 Å². The number of aryl methyl sites for hydroxylation is 1. The second-order valence-corrected chi connectivity index (χ2v) is 6.12. The minimum Gasteiger partial charge on any atom is -0.406 e. The van der Waals surface area contributed by atoms with Gasteiger partial charge in [0.15, 0.2) is 5.76 Å². The predicted octanol–water partition coefficient (Wildman–Crippen LogP) is 2.17. The molecule has 1 heterocycles. The zero-order chi connectivity index (χ0) is 15.0. The van der Waals surface area contributed by atoms with Crippen molar-refractivity contribution in [2.75, 3.05) is 0 Å². The van der Waals surface area contributed by atoms with Gasteiger partial charge >= 0.3 is 6.09 Å². The summed E-state index contributed by atoms with van der Waals surface area (Å²) < 4.78 is 32.9. The summed E-state index contributed by atoms with van der Waals surface area (Å²) in [5.74, 6) is 0.209. The quantitative estimate of drug-likeness (QED) is 0.784. The first-order chi connectivity index (χ1) is 9.94. The molecule has 0 bridgehead atoms. The van der Waals surface area contributed by atoms with Gasteiger partial charge in [0.1, 0.15) is 5.71 Å². The number of ether oxygens (including phenoxy) is 1. The number of allylic oxidation sites excluding steroid dienone is 3. The number of rotatable bonds is 2. The fourth-order valence-electron chi connectivity index (χ4n) is 1.85. The molecule has 0 fully saturated rings. The van der Waals surface area contributed by atoms with Crippen molar-refractivity contribution in [2.24, 2.45) is 9.39 Å². The molecule has 3 rings (SSSR count). The highest BCUT2D eigenvalue weighted by atomic mass is 32.2. The molecular weight excluding hydrogens is 292 g/mol. The molecule has 21 heavy (non-hydrogen) atoms. The summed E-state index contributed by atoms with van der Waals surface area (Å²) >= 11 is 0. The molecule has 1 aliphatic carbocycles. The number of nitrogens with zero attached hydrogens (tertiary/aromatic N) is 2. The summed E-state index contributed by atoms with van der Waals surface area (Å²) in [7, 11) is -3.81. The Morgan fingerprint density at radius 1 is 1.14 bits per heavy atom. The summed E-state index contributed by atoms with van der Waals surface area (Å²) in [5, 5.41) is 0. The zero-order valence-electron chi connectivity index (χ0n) is 11.0. The summed E-state index contributed by atoms with van der Waals surface area (Å²) in [6.07, 6.45) is 3.61. The maximum absolute atomic E-state index is 12.2. The summed E-state index contributed by atoms with van der Waals surface area (Å²) in [6, 6.07) is 6.39. The van der Waals surface area contributed by atoms with E-state index < -0.39 is 16.1 Å².